The molecule has 0 amide bonds. The van der Waals surface area contributed by atoms with Gasteiger partial charge in [-0.15, -0.1) is 0 Å². The van der Waals surface area contributed by atoms with Crippen molar-refractivity contribution in [3.63, 3.8) is 0 Å². The number of rotatable bonds is 6. The van der Waals surface area contributed by atoms with Gasteiger partial charge in [-0.05, 0) is 87.1 Å². The predicted octanol–water partition coefficient (Wildman–Crippen LogP) is 15.1. The first-order chi connectivity index (χ1) is 27.3. The van der Waals surface area contributed by atoms with Gasteiger partial charge in [0.15, 0.2) is 5.58 Å². The second-order valence-corrected chi connectivity index (χ2v) is 14.1. The van der Waals surface area contributed by atoms with E-state index in [2.05, 4.69) is 193 Å². The van der Waals surface area contributed by atoms with E-state index in [-0.39, 0.29) is 0 Å². The third-order valence-corrected chi connectivity index (χ3v) is 10.9. The molecular weight excluding hydrogens is 671 g/mol. The summed E-state index contributed by atoms with van der Waals surface area (Å²) in [4.78, 5) is 2.31. The summed E-state index contributed by atoms with van der Waals surface area (Å²) in [5.74, 6) is 0. The van der Waals surface area contributed by atoms with E-state index < -0.39 is 0 Å². The van der Waals surface area contributed by atoms with Crippen molar-refractivity contribution in [2.75, 3.05) is 4.90 Å². The van der Waals surface area contributed by atoms with Gasteiger partial charge >= 0.3 is 0 Å². The van der Waals surface area contributed by atoms with Crippen molar-refractivity contribution >= 4 is 71.7 Å². The van der Waals surface area contributed by atoms with Gasteiger partial charge in [0.1, 0.15) is 16.7 Å². The minimum Gasteiger partial charge on any atom is -0.455 e. The summed E-state index contributed by atoms with van der Waals surface area (Å²) in [6.45, 7) is 0. The lowest BCUT2D eigenvalue weighted by molar-refractivity contribution is 0.669. The van der Waals surface area contributed by atoms with Gasteiger partial charge in [-0.2, -0.15) is 0 Å². The Balaban J connectivity index is 1.12. The second-order valence-electron chi connectivity index (χ2n) is 14.1. The molecule has 0 radical (unpaired) electrons. The molecular formula is C52H33NO2. The number of benzene rings is 9. The molecule has 0 atom stereocenters. The maximum Gasteiger partial charge on any atom is 0.159 e. The number of anilines is 3. The molecule has 2 heterocycles. The summed E-state index contributed by atoms with van der Waals surface area (Å²) in [5.41, 5.74) is 13.4. The SMILES string of the molecule is c1ccc(-c2ccc(-c3c4ccccc4cc4c3oc3ccc(N(c5ccc(-c6ccccc6)cc5)c5cccc6c5oc5ccccc56)cc34)cc2)cc1. The Labute approximate surface area is 317 Å². The number of furan rings is 2. The summed E-state index contributed by atoms with van der Waals surface area (Å²) >= 11 is 0. The van der Waals surface area contributed by atoms with E-state index >= 15 is 0 Å². The zero-order valence-corrected chi connectivity index (χ0v) is 29.8. The van der Waals surface area contributed by atoms with E-state index in [1.165, 1.54) is 33.0 Å². The molecule has 0 saturated carbocycles. The highest BCUT2D eigenvalue weighted by molar-refractivity contribution is 6.19. The van der Waals surface area contributed by atoms with Crippen LogP contribution < -0.4 is 4.90 Å². The van der Waals surface area contributed by atoms with Gasteiger partial charge in [-0.3, -0.25) is 0 Å². The lowest BCUT2D eigenvalue weighted by Gasteiger charge is -2.26. The summed E-state index contributed by atoms with van der Waals surface area (Å²) in [5, 5.41) is 6.67. The molecule has 0 spiro atoms. The first-order valence-electron chi connectivity index (χ1n) is 18.7. The Kier molecular flexibility index (Phi) is 7.17. The molecule has 55 heavy (non-hydrogen) atoms. The Hall–Kier alpha value is -7.36. The molecule has 11 rings (SSSR count). The Morgan fingerprint density at radius 2 is 0.855 bits per heavy atom. The quantitative estimate of drug-likeness (QED) is 0.173. The molecule has 0 fully saturated rings. The fourth-order valence-corrected chi connectivity index (χ4v) is 8.22. The third kappa shape index (κ3) is 5.20. The first-order valence-corrected chi connectivity index (χ1v) is 18.7. The van der Waals surface area contributed by atoms with Gasteiger partial charge in [-0.1, -0.05) is 152 Å². The van der Waals surface area contributed by atoms with Crippen molar-refractivity contribution in [2.24, 2.45) is 0 Å². The molecule has 258 valence electrons. The van der Waals surface area contributed by atoms with Crippen LogP contribution in [0.25, 0.3) is 88.0 Å². The minimum absolute atomic E-state index is 0.845. The highest BCUT2D eigenvalue weighted by atomic mass is 16.3. The summed E-state index contributed by atoms with van der Waals surface area (Å²) < 4.78 is 13.5. The van der Waals surface area contributed by atoms with E-state index in [0.717, 1.165) is 72.1 Å². The van der Waals surface area contributed by atoms with Crippen LogP contribution in [0.4, 0.5) is 17.1 Å². The zero-order chi connectivity index (χ0) is 36.3. The molecule has 9 aromatic carbocycles. The highest BCUT2D eigenvalue weighted by Gasteiger charge is 2.22. The summed E-state index contributed by atoms with van der Waals surface area (Å²) in [7, 11) is 0. The van der Waals surface area contributed by atoms with Gasteiger partial charge in [0.2, 0.25) is 0 Å². The fourth-order valence-electron chi connectivity index (χ4n) is 8.22. The first kappa shape index (κ1) is 31.2. The normalized spacial score (nSPS) is 11.6. The van der Waals surface area contributed by atoms with Crippen LogP contribution in [0.2, 0.25) is 0 Å². The van der Waals surface area contributed by atoms with Crippen LogP contribution in [0.5, 0.6) is 0 Å². The molecule has 11 aromatic rings. The van der Waals surface area contributed by atoms with Gasteiger partial charge < -0.3 is 13.7 Å². The van der Waals surface area contributed by atoms with Crippen molar-refractivity contribution < 1.29 is 8.83 Å². The zero-order valence-electron chi connectivity index (χ0n) is 29.8. The van der Waals surface area contributed by atoms with E-state index in [1.807, 2.05) is 12.1 Å². The van der Waals surface area contributed by atoms with Crippen molar-refractivity contribution in [3.8, 4) is 33.4 Å². The largest absolute Gasteiger partial charge is 0.455 e. The standard InChI is InChI=1S/C52H33NO2/c1-3-12-34(13-4-1)36-22-24-38(25-23-36)50-42-17-8-7-16-39(42)32-46-45-33-41(30-31-49(45)55-52(46)50)53(40-28-26-37(27-29-40)35-14-5-2-6-15-35)47-20-11-19-44-43-18-9-10-21-48(43)54-51(44)47/h1-33H. The smallest absolute Gasteiger partial charge is 0.159 e. The lowest BCUT2D eigenvalue weighted by atomic mass is 9.94. The van der Waals surface area contributed by atoms with Gasteiger partial charge in [-0.25, -0.2) is 0 Å². The van der Waals surface area contributed by atoms with Crippen LogP contribution in [0.1, 0.15) is 0 Å². The molecule has 0 aliphatic rings. The van der Waals surface area contributed by atoms with E-state index in [1.54, 1.807) is 0 Å². The molecule has 0 aliphatic carbocycles. The van der Waals surface area contributed by atoms with Crippen molar-refractivity contribution in [3.05, 3.63) is 200 Å². The number of hydrogen-bond donors (Lipinski definition) is 0. The van der Waals surface area contributed by atoms with Crippen molar-refractivity contribution in [1.82, 2.24) is 0 Å². The molecule has 0 aliphatic heterocycles. The van der Waals surface area contributed by atoms with Crippen LogP contribution in [-0.2, 0) is 0 Å². The van der Waals surface area contributed by atoms with E-state index in [4.69, 9.17) is 8.83 Å². The molecule has 0 unspecified atom stereocenters. The molecule has 3 heteroatoms. The Morgan fingerprint density at radius 3 is 1.60 bits per heavy atom. The number of hydrogen-bond acceptors (Lipinski definition) is 3. The molecule has 0 bridgehead atoms. The maximum absolute atomic E-state index is 6.84. The monoisotopic (exact) mass is 703 g/mol. The van der Waals surface area contributed by atoms with Gasteiger partial charge in [0.25, 0.3) is 0 Å². The number of para-hydroxylation sites is 2. The molecule has 2 aromatic heterocycles. The van der Waals surface area contributed by atoms with Crippen molar-refractivity contribution in [1.29, 1.82) is 0 Å². The number of fused-ring (bicyclic) bond motifs is 7. The minimum atomic E-state index is 0.845. The predicted molar refractivity (Wildman–Crippen MR) is 229 cm³/mol. The van der Waals surface area contributed by atoms with Crippen LogP contribution in [0, 0.1) is 0 Å². The molecule has 0 saturated heterocycles. The average molecular weight is 704 g/mol. The third-order valence-electron chi connectivity index (χ3n) is 10.9. The second kappa shape index (κ2) is 12.6. The lowest BCUT2D eigenvalue weighted by Crippen LogP contribution is -2.10. The maximum atomic E-state index is 6.84. The fraction of sp³-hybridized carbons (Fsp3) is 0. The van der Waals surface area contributed by atoms with Crippen LogP contribution in [0.15, 0.2) is 209 Å². The molecule has 0 N–H and O–H groups in total. The Bertz CT molecular complexity index is 3180. The van der Waals surface area contributed by atoms with Crippen LogP contribution in [-0.4, -0.2) is 0 Å². The van der Waals surface area contributed by atoms with E-state index in [0.29, 0.717) is 0 Å². The van der Waals surface area contributed by atoms with E-state index in [9.17, 15) is 0 Å². The summed E-state index contributed by atoms with van der Waals surface area (Å²) in [6, 6.07) is 70.8. The topological polar surface area (TPSA) is 29.5 Å². The highest BCUT2D eigenvalue weighted by Crippen LogP contribution is 2.46. The van der Waals surface area contributed by atoms with Crippen LogP contribution >= 0.6 is 0 Å². The Morgan fingerprint density at radius 1 is 0.309 bits per heavy atom. The average Bonchev–Trinajstić information content (AvgIpc) is 3.82. The summed E-state index contributed by atoms with van der Waals surface area (Å²) in [6.07, 6.45) is 0. The number of nitrogens with zero attached hydrogens (tertiary/aromatic N) is 1. The van der Waals surface area contributed by atoms with Gasteiger partial charge in [0, 0.05) is 38.5 Å². The van der Waals surface area contributed by atoms with Crippen LogP contribution in [0.3, 0.4) is 0 Å². The molecule has 3 nitrogen and oxygen atoms in total. The van der Waals surface area contributed by atoms with Gasteiger partial charge in [0.05, 0.1) is 5.69 Å². The van der Waals surface area contributed by atoms with Crippen molar-refractivity contribution in [2.45, 2.75) is 0 Å².